The first-order chi connectivity index (χ1) is 24.1. The number of benzene rings is 6. The van der Waals surface area contributed by atoms with E-state index < -0.39 is 0 Å². The Labute approximate surface area is 286 Å². The summed E-state index contributed by atoms with van der Waals surface area (Å²) in [4.78, 5) is 9.50. The van der Waals surface area contributed by atoms with Gasteiger partial charge in [0.2, 0.25) is 5.89 Å². The number of allylic oxidation sites excluding steroid dienone is 2. The molecule has 0 atom stereocenters. The van der Waals surface area contributed by atoms with Crippen molar-refractivity contribution >= 4 is 16.7 Å². The molecule has 6 aromatic carbocycles. The summed E-state index contributed by atoms with van der Waals surface area (Å²) in [6.07, 6.45) is 5.48. The molecule has 8 aromatic rings. The maximum absolute atomic E-state index is 6.65. The Bertz CT molecular complexity index is 2460. The molecule has 0 spiro atoms. The monoisotopic (exact) mass is 628 g/mol. The van der Waals surface area contributed by atoms with Gasteiger partial charge in [-0.1, -0.05) is 128 Å². The summed E-state index contributed by atoms with van der Waals surface area (Å²) >= 11 is 0. The Balaban J connectivity index is 1.31. The molecule has 3 heteroatoms. The zero-order valence-corrected chi connectivity index (χ0v) is 26.9. The molecule has 49 heavy (non-hydrogen) atoms. The van der Waals surface area contributed by atoms with E-state index in [0.717, 1.165) is 77.9 Å². The average Bonchev–Trinajstić information content (AvgIpc) is 3.63. The Morgan fingerprint density at radius 2 is 1.14 bits per heavy atom. The zero-order chi connectivity index (χ0) is 33.2. The predicted octanol–water partition coefficient (Wildman–Crippen LogP) is 12.4. The van der Waals surface area contributed by atoms with E-state index in [0.29, 0.717) is 5.89 Å². The van der Waals surface area contributed by atoms with Crippen molar-refractivity contribution in [3.05, 3.63) is 189 Å². The van der Waals surface area contributed by atoms with Crippen LogP contribution < -0.4 is 0 Å². The van der Waals surface area contributed by atoms with Crippen molar-refractivity contribution < 1.29 is 4.42 Å². The second kappa shape index (κ2) is 12.9. The molecule has 3 nitrogen and oxygen atoms in total. The molecule has 0 saturated heterocycles. The van der Waals surface area contributed by atoms with E-state index in [4.69, 9.17) is 9.40 Å². The minimum Gasteiger partial charge on any atom is -0.436 e. The predicted molar refractivity (Wildman–Crippen MR) is 204 cm³/mol. The lowest BCUT2D eigenvalue weighted by molar-refractivity contribution is 0.620. The molecule has 8 rings (SSSR count). The van der Waals surface area contributed by atoms with Crippen molar-refractivity contribution in [3.8, 4) is 67.1 Å². The third-order valence-electron chi connectivity index (χ3n) is 8.91. The third kappa shape index (κ3) is 5.90. The van der Waals surface area contributed by atoms with Crippen LogP contribution in [0.15, 0.2) is 188 Å². The van der Waals surface area contributed by atoms with Gasteiger partial charge in [0.15, 0.2) is 5.58 Å². The molecule has 0 aliphatic heterocycles. The molecular formula is C46H32N2O. The maximum atomic E-state index is 6.65. The standard InChI is InChI=1S/C46H32N2O/c1-3-31(2)42-27-38(22-23-41(42)33-15-8-5-9-16-33)46-48-45-43(37-20-11-18-35(26-37)39-21-12-24-47-30-39)28-40(29-44(45)49-46)36-19-10-17-34(25-36)32-13-6-4-7-14-32/h3-30H,1-2H2. The van der Waals surface area contributed by atoms with Crippen LogP contribution in [0.25, 0.3) is 83.8 Å². The van der Waals surface area contributed by atoms with Crippen LogP contribution in [0.3, 0.4) is 0 Å². The van der Waals surface area contributed by atoms with Crippen molar-refractivity contribution in [1.29, 1.82) is 0 Å². The van der Waals surface area contributed by atoms with Gasteiger partial charge in [-0.3, -0.25) is 4.98 Å². The molecule has 0 aliphatic rings. The first kappa shape index (κ1) is 29.8. The van der Waals surface area contributed by atoms with Gasteiger partial charge in [0.05, 0.1) is 0 Å². The third-order valence-corrected chi connectivity index (χ3v) is 8.91. The summed E-state index contributed by atoms with van der Waals surface area (Å²) in [6.45, 7) is 8.30. The molecule has 232 valence electrons. The minimum atomic E-state index is 0.549. The van der Waals surface area contributed by atoms with E-state index in [1.807, 2.05) is 36.5 Å². The molecule has 0 saturated carbocycles. The van der Waals surface area contributed by atoms with Crippen LogP contribution >= 0.6 is 0 Å². The lowest BCUT2D eigenvalue weighted by atomic mass is 9.93. The second-order valence-electron chi connectivity index (χ2n) is 12.0. The number of hydrogen-bond acceptors (Lipinski definition) is 3. The number of fused-ring (bicyclic) bond motifs is 1. The van der Waals surface area contributed by atoms with Gasteiger partial charge in [0.25, 0.3) is 0 Å². The molecule has 0 bridgehead atoms. The van der Waals surface area contributed by atoms with Crippen molar-refractivity contribution in [2.75, 3.05) is 0 Å². The highest BCUT2D eigenvalue weighted by atomic mass is 16.3. The number of aromatic nitrogens is 2. The van der Waals surface area contributed by atoms with Gasteiger partial charge in [-0.25, -0.2) is 4.98 Å². The largest absolute Gasteiger partial charge is 0.436 e. The van der Waals surface area contributed by atoms with E-state index in [-0.39, 0.29) is 0 Å². The summed E-state index contributed by atoms with van der Waals surface area (Å²) in [7, 11) is 0. The fraction of sp³-hybridized carbons (Fsp3) is 0. The molecule has 2 aromatic heterocycles. The quantitative estimate of drug-likeness (QED) is 0.157. The Morgan fingerprint density at radius 1 is 0.510 bits per heavy atom. The van der Waals surface area contributed by atoms with Gasteiger partial charge in [-0.2, -0.15) is 0 Å². The Morgan fingerprint density at radius 3 is 1.86 bits per heavy atom. The van der Waals surface area contributed by atoms with Gasteiger partial charge in [0.1, 0.15) is 5.52 Å². The van der Waals surface area contributed by atoms with Crippen LogP contribution in [0.4, 0.5) is 0 Å². The number of pyridine rings is 1. The minimum absolute atomic E-state index is 0.549. The number of rotatable bonds is 8. The molecule has 0 amide bonds. The number of oxazole rings is 1. The fourth-order valence-electron chi connectivity index (χ4n) is 6.37. The van der Waals surface area contributed by atoms with Crippen LogP contribution in [-0.2, 0) is 0 Å². The van der Waals surface area contributed by atoms with Crippen LogP contribution in [0.2, 0.25) is 0 Å². The van der Waals surface area contributed by atoms with Crippen LogP contribution in [0.1, 0.15) is 5.56 Å². The van der Waals surface area contributed by atoms with Crippen molar-refractivity contribution in [1.82, 2.24) is 9.97 Å². The molecule has 0 unspecified atom stereocenters. The van der Waals surface area contributed by atoms with Crippen molar-refractivity contribution in [2.45, 2.75) is 0 Å². The fourth-order valence-corrected chi connectivity index (χ4v) is 6.37. The first-order valence-corrected chi connectivity index (χ1v) is 16.3. The van der Waals surface area contributed by atoms with E-state index >= 15 is 0 Å². The van der Waals surface area contributed by atoms with Crippen LogP contribution in [-0.4, -0.2) is 9.97 Å². The van der Waals surface area contributed by atoms with Gasteiger partial charge in [-0.05, 0) is 98.1 Å². The highest BCUT2D eigenvalue weighted by Gasteiger charge is 2.18. The molecule has 0 radical (unpaired) electrons. The van der Waals surface area contributed by atoms with E-state index in [9.17, 15) is 0 Å². The smallest absolute Gasteiger partial charge is 0.227 e. The van der Waals surface area contributed by atoms with Crippen LogP contribution in [0, 0.1) is 0 Å². The van der Waals surface area contributed by atoms with E-state index in [2.05, 4.69) is 139 Å². The summed E-state index contributed by atoms with van der Waals surface area (Å²) in [5.74, 6) is 0.549. The average molecular weight is 629 g/mol. The van der Waals surface area contributed by atoms with E-state index in [1.54, 1.807) is 12.3 Å². The Kier molecular flexibility index (Phi) is 7.85. The van der Waals surface area contributed by atoms with E-state index in [1.165, 1.54) is 5.56 Å². The first-order valence-electron chi connectivity index (χ1n) is 16.3. The van der Waals surface area contributed by atoms with Crippen LogP contribution in [0.5, 0.6) is 0 Å². The summed E-state index contributed by atoms with van der Waals surface area (Å²) in [5.41, 5.74) is 15.1. The van der Waals surface area contributed by atoms with Gasteiger partial charge in [-0.15, -0.1) is 0 Å². The summed E-state index contributed by atoms with van der Waals surface area (Å²) in [6, 6.07) is 52.6. The Hall–Kier alpha value is -6.58. The summed E-state index contributed by atoms with van der Waals surface area (Å²) in [5, 5.41) is 0. The molecule has 0 aliphatic carbocycles. The number of hydrogen-bond donors (Lipinski definition) is 0. The SMILES string of the molecule is C=CC(=C)c1cc(-c2nc3c(-c4cccc(-c5cccnc5)c4)cc(-c4cccc(-c5ccccc5)c4)cc3o2)ccc1-c1ccccc1. The molecule has 0 N–H and O–H groups in total. The molecular weight excluding hydrogens is 597 g/mol. The topological polar surface area (TPSA) is 38.9 Å². The lowest BCUT2D eigenvalue weighted by Crippen LogP contribution is -1.89. The highest BCUT2D eigenvalue weighted by Crippen LogP contribution is 2.39. The zero-order valence-electron chi connectivity index (χ0n) is 26.9. The molecule has 2 heterocycles. The second-order valence-corrected chi connectivity index (χ2v) is 12.0. The normalized spacial score (nSPS) is 11.0. The highest BCUT2D eigenvalue weighted by molar-refractivity contribution is 5.97. The van der Waals surface area contributed by atoms with Crippen molar-refractivity contribution in [2.24, 2.45) is 0 Å². The molecule has 0 fully saturated rings. The number of nitrogens with zero attached hydrogens (tertiary/aromatic N) is 2. The van der Waals surface area contributed by atoms with Gasteiger partial charge < -0.3 is 4.42 Å². The lowest BCUT2D eigenvalue weighted by Gasteiger charge is -2.11. The van der Waals surface area contributed by atoms with Gasteiger partial charge in [0, 0.05) is 29.1 Å². The maximum Gasteiger partial charge on any atom is 0.227 e. The van der Waals surface area contributed by atoms with Crippen molar-refractivity contribution in [3.63, 3.8) is 0 Å². The van der Waals surface area contributed by atoms with Gasteiger partial charge >= 0.3 is 0 Å². The summed E-state index contributed by atoms with van der Waals surface area (Å²) < 4.78 is 6.65.